The summed E-state index contributed by atoms with van der Waals surface area (Å²) in [6.07, 6.45) is 0.0199. The summed E-state index contributed by atoms with van der Waals surface area (Å²) in [4.78, 5) is 0. The van der Waals surface area contributed by atoms with Gasteiger partial charge in [-0.15, -0.1) is 0 Å². The van der Waals surface area contributed by atoms with Crippen LogP contribution in [0.2, 0.25) is 5.02 Å². The molecule has 5 heteroatoms. The van der Waals surface area contributed by atoms with E-state index < -0.39 is 6.10 Å². The molecule has 1 aromatic carbocycles. The number of aliphatic hydroxyl groups is 2. The topological polar surface area (TPSA) is 61.7 Å². The lowest BCUT2D eigenvalue weighted by Crippen LogP contribution is -2.45. The minimum Gasteiger partial charge on any atom is -0.489 e. The molecule has 0 saturated heterocycles. The van der Waals surface area contributed by atoms with Gasteiger partial charge in [-0.2, -0.15) is 0 Å². The summed E-state index contributed by atoms with van der Waals surface area (Å²) in [7, 11) is 0. The van der Waals surface area contributed by atoms with Crippen molar-refractivity contribution in [3.05, 3.63) is 29.3 Å². The van der Waals surface area contributed by atoms with E-state index in [1.807, 2.05) is 12.1 Å². The van der Waals surface area contributed by atoms with Crippen molar-refractivity contribution in [2.75, 3.05) is 19.8 Å². The Morgan fingerprint density at radius 2 is 1.95 bits per heavy atom. The Labute approximate surface area is 132 Å². The molecule has 0 heterocycles. The molecule has 0 aliphatic heterocycles. The van der Waals surface area contributed by atoms with Crippen LogP contribution in [-0.4, -0.2) is 42.1 Å². The molecule has 1 aromatic rings. The van der Waals surface area contributed by atoms with Crippen LogP contribution in [0.4, 0.5) is 0 Å². The van der Waals surface area contributed by atoms with Crippen LogP contribution in [-0.2, 0) is 0 Å². The molecule has 0 saturated carbocycles. The maximum atomic E-state index is 9.99. The van der Waals surface area contributed by atoms with Crippen molar-refractivity contribution in [3.63, 3.8) is 0 Å². The predicted octanol–water partition coefficient (Wildman–Crippen LogP) is 2.47. The van der Waals surface area contributed by atoms with Gasteiger partial charge in [0.05, 0.1) is 5.02 Å². The van der Waals surface area contributed by atoms with Crippen molar-refractivity contribution < 1.29 is 14.9 Å². The van der Waals surface area contributed by atoms with Crippen LogP contribution in [0, 0.1) is 5.41 Å². The smallest absolute Gasteiger partial charge is 0.138 e. The molecular weight excluding hydrogens is 290 g/mol. The highest BCUT2D eigenvalue weighted by atomic mass is 35.5. The minimum absolute atomic E-state index is 0.0199. The van der Waals surface area contributed by atoms with Crippen molar-refractivity contribution in [2.45, 2.75) is 39.3 Å². The third-order valence-corrected chi connectivity index (χ3v) is 3.64. The monoisotopic (exact) mass is 315 g/mol. The molecule has 0 fully saturated rings. The number of hydrogen-bond donors (Lipinski definition) is 3. The predicted molar refractivity (Wildman–Crippen MR) is 85.9 cm³/mol. The third kappa shape index (κ3) is 6.66. The number of nitrogens with one attached hydrogen (secondary N) is 1. The molecule has 21 heavy (non-hydrogen) atoms. The normalized spacial score (nSPS) is 14.8. The summed E-state index contributed by atoms with van der Waals surface area (Å²) in [6.45, 7) is 7.02. The molecule has 4 nitrogen and oxygen atoms in total. The maximum absolute atomic E-state index is 9.99. The number of para-hydroxylation sites is 1. The molecule has 0 aliphatic rings. The van der Waals surface area contributed by atoms with E-state index in [0.717, 1.165) is 0 Å². The van der Waals surface area contributed by atoms with Gasteiger partial charge in [-0.05, 0) is 24.0 Å². The zero-order valence-corrected chi connectivity index (χ0v) is 13.7. The van der Waals surface area contributed by atoms with Gasteiger partial charge in [-0.3, -0.25) is 0 Å². The Bertz CT molecular complexity index is 420. The second kappa shape index (κ2) is 8.59. The van der Waals surface area contributed by atoms with Crippen molar-refractivity contribution in [1.82, 2.24) is 5.32 Å². The van der Waals surface area contributed by atoms with E-state index in [4.69, 9.17) is 21.4 Å². The van der Waals surface area contributed by atoms with E-state index in [-0.39, 0.29) is 24.7 Å². The molecule has 3 N–H and O–H groups in total. The van der Waals surface area contributed by atoms with Gasteiger partial charge in [-0.1, -0.05) is 44.5 Å². The van der Waals surface area contributed by atoms with Gasteiger partial charge in [-0.25, -0.2) is 0 Å². The van der Waals surface area contributed by atoms with Crippen LogP contribution in [0.25, 0.3) is 0 Å². The number of rotatable bonds is 8. The van der Waals surface area contributed by atoms with E-state index in [2.05, 4.69) is 26.1 Å². The first-order valence-corrected chi connectivity index (χ1v) is 7.62. The van der Waals surface area contributed by atoms with Crippen LogP contribution in [0.3, 0.4) is 0 Å². The van der Waals surface area contributed by atoms with E-state index in [1.165, 1.54) is 0 Å². The van der Waals surface area contributed by atoms with Crippen LogP contribution in [0.15, 0.2) is 24.3 Å². The molecule has 0 radical (unpaired) electrons. The molecule has 2 atom stereocenters. The minimum atomic E-state index is -0.634. The summed E-state index contributed by atoms with van der Waals surface area (Å²) in [5, 5.41) is 22.9. The molecular formula is C16H26ClNO3. The standard InChI is InChI=1S/C16H26ClNO3/c1-16(2,3)15(8-9-19)18-10-12(20)11-21-14-7-5-4-6-13(14)17/h4-7,12,15,18-20H,8-11H2,1-3H3. The highest BCUT2D eigenvalue weighted by Crippen LogP contribution is 2.23. The lowest BCUT2D eigenvalue weighted by Gasteiger charge is -2.32. The summed E-state index contributed by atoms with van der Waals surface area (Å²) >= 11 is 5.99. The fraction of sp³-hybridized carbons (Fsp3) is 0.625. The summed E-state index contributed by atoms with van der Waals surface area (Å²) < 4.78 is 5.51. The molecule has 2 unspecified atom stereocenters. The lowest BCUT2D eigenvalue weighted by molar-refractivity contribution is 0.0937. The van der Waals surface area contributed by atoms with Crippen LogP contribution < -0.4 is 10.1 Å². The molecule has 0 bridgehead atoms. The Morgan fingerprint density at radius 1 is 1.29 bits per heavy atom. The first-order chi connectivity index (χ1) is 9.84. The molecule has 120 valence electrons. The third-order valence-electron chi connectivity index (χ3n) is 3.33. The number of hydrogen-bond acceptors (Lipinski definition) is 4. The fourth-order valence-electron chi connectivity index (χ4n) is 2.06. The second-order valence-corrected chi connectivity index (χ2v) is 6.64. The summed E-state index contributed by atoms with van der Waals surface area (Å²) in [5.41, 5.74) is 0.0199. The lowest BCUT2D eigenvalue weighted by atomic mass is 9.85. The van der Waals surface area contributed by atoms with Gasteiger partial charge in [0.2, 0.25) is 0 Å². The van der Waals surface area contributed by atoms with Crippen molar-refractivity contribution >= 4 is 11.6 Å². The van der Waals surface area contributed by atoms with Gasteiger partial charge in [0.15, 0.2) is 0 Å². The second-order valence-electron chi connectivity index (χ2n) is 6.23. The Hall–Kier alpha value is -0.810. The zero-order valence-electron chi connectivity index (χ0n) is 13.0. The first-order valence-electron chi connectivity index (χ1n) is 7.24. The van der Waals surface area contributed by atoms with Crippen molar-refractivity contribution in [1.29, 1.82) is 0 Å². The SMILES string of the molecule is CC(C)(C)C(CCO)NCC(O)COc1ccccc1Cl. The highest BCUT2D eigenvalue weighted by molar-refractivity contribution is 6.32. The Kier molecular flexibility index (Phi) is 7.46. The van der Waals surface area contributed by atoms with Crippen LogP contribution >= 0.6 is 11.6 Å². The first kappa shape index (κ1) is 18.2. The highest BCUT2D eigenvalue weighted by Gasteiger charge is 2.24. The number of halogens is 1. The molecule has 0 spiro atoms. The Balaban J connectivity index is 2.39. The molecule has 0 aromatic heterocycles. The van der Waals surface area contributed by atoms with Crippen LogP contribution in [0.1, 0.15) is 27.2 Å². The average molecular weight is 316 g/mol. The summed E-state index contributed by atoms with van der Waals surface area (Å²) in [5.74, 6) is 0.570. The van der Waals surface area contributed by atoms with E-state index in [9.17, 15) is 5.11 Å². The largest absolute Gasteiger partial charge is 0.489 e. The zero-order chi connectivity index (χ0) is 15.9. The van der Waals surface area contributed by atoms with E-state index >= 15 is 0 Å². The molecule has 0 aliphatic carbocycles. The Morgan fingerprint density at radius 3 is 2.52 bits per heavy atom. The average Bonchev–Trinajstić information content (AvgIpc) is 2.41. The van der Waals surface area contributed by atoms with E-state index in [0.29, 0.717) is 23.7 Å². The maximum Gasteiger partial charge on any atom is 0.138 e. The molecule has 1 rings (SSSR count). The van der Waals surface area contributed by atoms with Gasteiger partial charge < -0.3 is 20.3 Å². The number of ether oxygens (including phenoxy) is 1. The van der Waals surface area contributed by atoms with Gasteiger partial charge in [0.1, 0.15) is 18.5 Å². The summed E-state index contributed by atoms with van der Waals surface area (Å²) in [6, 6.07) is 7.32. The van der Waals surface area contributed by atoms with Crippen molar-refractivity contribution in [3.8, 4) is 5.75 Å². The van der Waals surface area contributed by atoms with Crippen LogP contribution in [0.5, 0.6) is 5.75 Å². The van der Waals surface area contributed by atoms with Gasteiger partial charge in [0, 0.05) is 19.2 Å². The number of benzene rings is 1. The molecule has 0 amide bonds. The van der Waals surface area contributed by atoms with Crippen molar-refractivity contribution in [2.24, 2.45) is 5.41 Å². The quantitative estimate of drug-likeness (QED) is 0.689. The number of aliphatic hydroxyl groups excluding tert-OH is 2. The van der Waals surface area contributed by atoms with E-state index in [1.54, 1.807) is 12.1 Å². The van der Waals surface area contributed by atoms with Gasteiger partial charge >= 0.3 is 0 Å². The van der Waals surface area contributed by atoms with Gasteiger partial charge in [0.25, 0.3) is 0 Å². The fourth-order valence-corrected chi connectivity index (χ4v) is 2.25.